The molecular weight excluding hydrogens is 148 g/mol. The largest absolute Gasteiger partial charge is 0.485 e. The fourth-order valence-corrected chi connectivity index (χ4v) is 0.471. The molecule has 0 rings (SSSR count). The minimum absolute atomic E-state index is 0.159. The van der Waals surface area contributed by atoms with Gasteiger partial charge in [-0.25, -0.2) is 0 Å². The molecule has 10 heavy (non-hydrogen) atoms. The lowest BCUT2D eigenvalue weighted by Crippen LogP contribution is -2.27. The molecule has 4 N–H and O–H groups in total. The summed E-state index contributed by atoms with van der Waals surface area (Å²) in [5.74, 6) is 0. The van der Waals surface area contributed by atoms with Crippen LogP contribution in [0, 0.1) is 0 Å². The Morgan fingerprint density at radius 1 is 1.70 bits per heavy atom. The number of hydrogen-bond donors (Lipinski definition) is 2. The summed E-state index contributed by atoms with van der Waals surface area (Å²) in [6.45, 7) is 3.00. The molecular formula is C6H14N2OS. The second-order valence-electron chi connectivity index (χ2n) is 2.10. The van der Waals surface area contributed by atoms with E-state index < -0.39 is 0 Å². The first-order chi connectivity index (χ1) is 4.68. The molecule has 0 unspecified atom stereocenters. The standard InChI is InChI=1S/C6H14N2OS/c1-5(8)6(10)9-4-2-3-7/h5H,2-4,7-8H2,1H3/t5-/m0/s1. The molecule has 0 spiro atoms. The molecule has 0 aliphatic heterocycles. The Morgan fingerprint density at radius 3 is 2.70 bits per heavy atom. The van der Waals surface area contributed by atoms with Crippen LogP contribution < -0.4 is 11.5 Å². The van der Waals surface area contributed by atoms with Crippen LogP contribution in [-0.4, -0.2) is 24.2 Å². The molecule has 0 aliphatic carbocycles. The summed E-state index contributed by atoms with van der Waals surface area (Å²) >= 11 is 4.80. The molecule has 0 aliphatic rings. The van der Waals surface area contributed by atoms with Gasteiger partial charge in [-0.3, -0.25) is 0 Å². The second kappa shape index (κ2) is 5.58. The summed E-state index contributed by atoms with van der Waals surface area (Å²) in [4.78, 5) is 0. The maximum atomic E-state index is 5.42. The van der Waals surface area contributed by atoms with Gasteiger partial charge < -0.3 is 16.2 Å². The predicted octanol–water partition coefficient (Wildman–Crippen LogP) is 0.0264. The Balaban J connectivity index is 3.22. The van der Waals surface area contributed by atoms with Crippen molar-refractivity contribution >= 4 is 17.3 Å². The first kappa shape index (κ1) is 9.81. The van der Waals surface area contributed by atoms with Crippen molar-refractivity contribution in [2.45, 2.75) is 19.4 Å². The molecule has 0 aromatic heterocycles. The monoisotopic (exact) mass is 162 g/mol. The molecule has 0 bridgehead atoms. The van der Waals surface area contributed by atoms with Crippen molar-refractivity contribution in [3.63, 3.8) is 0 Å². The van der Waals surface area contributed by atoms with E-state index in [0.717, 1.165) is 6.42 Å². The smallest absolute Gasteiger partial charge is 0.176 e. The molecule has 0 fully saturated rings. The molecule has 0 amide bonds. The van der Waals surface area contributed by atoms with Crippen LogP contribution in [0.1, 0.15) is 13.3 Å². The SMILES string of the molecule is C[C@H](N)C(=S)OCCCN. The van der Waals surface area contributed by atoms with E-state index in [-0.39, 0.29) is 6.04 Å². The normalized spacial score (nSPS) is 12.7. The maximum absolute atomic E-state index is 5.42. The molecule has 0 aromatic carbocycles. The maximum Gasteiger partial charge on any atom is 0.176 e. The Morgan fingerprint density at radius 2 is 2.30 bits per heavy atom. The van der Waals surface area contributed by atoms with Gasteiger partial charge in [-0.1, -0.05) is 0 Å². The number of ether oxygens (including phenoxy) is 1. The first-order valence-corrected chi connectivity index (χ1v) is 3.71. The number of nitrogens with two attached hydrogens (primary N) is 2. The van der Waals surface area contributed by atoms with Gasteiger partial charge in [-0.05, 0) is 32.1 Å². The van der Waals surface area contributed by atoms with Crippen LogP contribution in [0.5, 0.6) is 0 Å². The van der Waals surface area contributed by atoms with Crippen LogP contribution in [0.15, 0.2) is 0 Å². The van der Waals surface area contributed by atoms with Gasteiger partial charge in [-0.15, -0.1) is 0 Å². The summed E-state index contributed by atoms with van der Waals surface area (Å²) in [5, 5.41) is 0.466. The fourth-order valence-electron chi connectivity index (χ4n) is 0.388. The van der Waals surface area contributed by atoms with E-state index in [2.05, 4.69) is 0 Å². The zero-order chi connectivity index (χ0) is 7.98. The van der Waals surface area contributed by atoms with Gasteiger partial charge in [0, 0.05) is 0 Å². The molecule has 0 aromatic rings. The molecule has 0 saturated carbocycles. The van der Waals surface area contributed by atoms with Gasteiger partial charge in [0.2, 0.25) is 0 Å². The highest BCUT2D eigenvalue weighted by Crippen LogP contribution is 1.88. The van der Waals surface area contributed by atoms with Crippen LogP contribution in [0.3, 0.4) is 0 Å². The predicted molar refractivity (Wildman–Crippen MR) is 45.9 cm³/mol. The third kappa shape index (κ3) is 4.67. The quantitative estimate of drug-likeness (QED) is 0.452. The minimum atomic E-state index is -0.159. The van der Waals surface area contributed by atoms with E-state index in [1.807, 2.05) is 0 Å². The van der Waals surface area contributed by atoms with E-state index in [1.165, 1.54) is 0 Å². The molecule has 0 radical (unpaired) electrons. The third-order valence-corrected chi connectivity index (χ3v) is 1.45. The summed E-state index contributed by atoms with van der Waals surface area (Å²) in [7, 11) is 0. The number of thiocarbonyl (C=S) groups is 1. The zero-order valence-electron chi connectivity index (χ0n) is 6.17. The van der Waals surface area contributed by atoms with Crippen LogP contribution in [0.25, 0.3) is 0 Å². The highest BCUT2D eigenvalue weighted by molar-refractivity contribution is 7.80. The van der Waals surface area contributed by atoms with E-state index >= 15 is 0 Å². The topological polar surface area (TPSA) is 61.3 Å². The van der Waals surface area contributed by atoms with Gasteiger partial charge >= 0.3 is 0 Å². The van der Waals surface area contributed by atoms with E-state index in [1.54, 1.807) is 6.92 Å². The Kier molecular flexibility index (Phi) is 5.48. The summed E-state index contributed by atoms with van der Waals surface area (Å²) < 4.78 is 5.07. The van der Waals surface area contributed by atoms with Crippen LogP contribution in [0.4, 0.5) is 0 Å². The summed E-state index contributed by atoms with van der Waals surface area (Å²) in [6, 6.07) is -0.159. The van der Waals surface area contributed by atoms with Gasteiger partial charge in [0.15, 0.2) is 5.05 Å². The summed E-state index contributed by atoms with van der Waals surface area (Å²) in [6.07, 6.45) is 0.826. The number of rotatable bonds is 4. The van der Waals surface area contributed by atoms with E-state index in [4.69, 9.17) is 28.4 Å². The lowest BCUT2D eigenvalue weighted by Gasteiger charge is -2.08. The Labute approximate surface area is 66.7 Å². The van der Waals surface area contributed by atoms with Crippen molar-refractivity contribution in [2.24, 2.45) is 11.5 Å². The molecule has 60 valence electrons. The zero-order valence-corrected chi connectivity index (χ0v) is 6.99. The lowest BCUT2D eigenvalue weighted by molar-refractivity contribution is 0.297. The van der Waals surface area contributed by atoms with Crippen molar-refractivity contribution in [2.75, 3.05) is 13.2 Å². The van der Waals surface area contributed by atoms with Gasteiger partial charge in [0.1, 0.15) is 0 Å². The van der Waals surface area contributed by atoms with E-state index in [9.17, 15) is 0 Å². The second-order valence-corrected chi connectivity index (χ2v) is 2.50. The van der Waals surface area contributed by atoms with Crippen molar-refractivity contribution in [3.05, 3.63) is 0 Å². The molecule has 1 atom stereocenters. The third-order valence-electron chi connectivity index (χ3n) is 0.965. The average molecular weight is 162 g/mol. The van der Waals surface area contributed by atoms with Gasteiger partial charge in [-0.2, -0.15) is 0 Å². The minimum Gasteiger partial charge on any atom is -0.485 e. The lowest BCUT2D eigenvalue weighted by atomic mass is 10.4. The Hall–Kier alpha value is -0.190. The number of hydrogen-bond acceptors (Lipinski definition) is 4. The molecule has 0 saturated heterocycles. The summed E-state index contributed by atoms with van der Waals surface area (Å²) in [5.41, 5.74) is 10.7. The fraction of sp³-hybridized carbons (Fsp3) is 0.833. The van der Waals surface area contributed by atoms with Gasteiger partial charge in [0.25, 0.3) is 0 Å². The van der Waals surface area contributed by atoms with Crippen LogP contribution in [-0.2, 0) is 4.74 Å². The average Bonchev–Trinajstić information content (AvgIpc) is 1.88. The van der Waals surface area contributed by atoms with Crippen molar-refractivity contribution in [3.8, 4) is 0 Å². The van der Waals surface area contributed by atoms with Crippen molar-refractivity contribution < 1.29 is 4.74 Å². The Bertz CT molecular complexity index is 106. The van der Waals surface area contributed by atoms with Gasteiger partial charge in [0.05, 0.1) is 12.6 Å². The highest BCUT2D eigenvalue weighted by atomic mass is 32.1. The first-order valence-electron chi connectivity index (χ1n) is 3.30. The van der Waals surface area contributed by atoms with Crippen LogP contribution >= 0.6 is 12.2 Å². The highest BCUT2D eigenvalue weighted by Gasteiger charge is 2.01. The van der Waals surface area contributed by atoms with Crippen LogP contribution in [0.2, 0.25) is 0 Å². The molecule has 0 heterocycles. The molecule has 4 heteroatoms. The van der Waals surface area contributed by atoms with Crippen molar-refractivity contribution in [1.82, 2.24) is 0 Å². The molecule has 3 nitrogen and oxygen atoms in total. The van der Waals surface area contributed by atoms with Crippen molar-refractivity contribution in [1.29, 1.82) is 0 Å². The van der Waals surface area contributed by atoms with E-state index in [0.29, 0.717) is 18.2 Å².